The lowest BCUT2D eigenvalue weighted by Crippen LogP contribution is -2.45. The molecule has 1 amide bonds. The zero-order valence-corrected chi connectivity index (χ0v) is 57.9. The Morgan fingerprint density at radius 3 is 0.918 bits per heavy atom. The van der Waals surface area contributed by atoms with Crippen molar-refractivity contribution in [2.45, 2.75) is 456 Å². The van der Waals surface area contributed by atoms with Gasteiger partial charge in [0.2, 0.25) is 5.91 Å². The fourth-order valence-corrected chi connectivity index (χ4v) is 12.6. The molecule has 504 valence electrons. The van der Waals surface area contributed by atoms with Crippen molar-refractivity contribution < 1.29 is 24.5 Å². The average Bonchev–Trinajstić information content (AvgIpc) is 3.51. The summed E-state index contributed by atoms with van der Waals surface area (Å²) in [5, 5.41) is 23.4. The summed E-state index contributed by atoms with van der Waals surface area (Å²) in [6.07, 6.45) is 95.6. The second-order valence-electron chi connectivity index (χ2n) is 27.0. The number of hydrogen-bond acceptors (Lipinski definition) is 5. The molecule has 6 nitrogen and oxygen atoms in total. The Balaban J connectivity index is 3.30. The molecule has 0 bridgehead atoms. The van der Waals surface area contributed by atoms with Crippen LogP contribution in [-0.4, -0.2) is 47.4 Å². The number of allylic oxidation sites excluding steroid dienone is 4. The second kappa shape index (κ2) is 74.8. The molecule has 0 aliphatic heterocycles. The van der Waals surface area contributed by atoms with Crippen LogP contribution in [0.3, 0.4) is 0 Å². The SMILES string of the molecule is CCCCC/C=C\C/C=C\CCCCCCCCCC(=O)OCCCCCCCCCCCCCCCCCCCCCCCCCCCCCCCCCCCCCC(=O)NC(CO)C(O)CCCCCCCCCCCCCCCCCC. The molecule has 0 rings (SSSR count). The number of carbonyl (C=O) groups excluding carboxylic acids is 2. The van der Waals surface area contributed by atoms with E-state index in [4.69, 9.17) is 4.74 Å². The van der Waals surface area contributed by atoms with E-state index in [0.29, 0.717) is 25.9 Å². The molecule has 0 heterocycles. The molecule has 3 N–H and O–H groups in total. The van der Waals surface area contributed by atoms with Crippen molar-refractivity contribution in [3.05, 3.63) is 24.3 Å². The van der Waals surface area contributed by atoms with E-state index in [0.717, 1.165) is 51.4 Å². The van der Waals surface area contributed by atoms with Gasteiger partial charge >= 0.3 is 5.97 Å². The maximum absolute atomic E-state index is 12.5. The van der Waals surface area contributed by atoms with Crippen molar-refractivity contribution >= 4 is 11.9 Å². The smallest absolute Gasteiger partial charge is 0.305 e. The highest BCUT2D eigenvalue weighted by Gasteiger charge is 2.20. The molecule has 2 unspecified atom stereocenters. The monoisotopic (exact) mass is 1200 g/mol. The summed E-state index contributed by atoms with van der Waals surface area (Å²) in [5.74, 6) is -0.0101. The van der Waals surface area contributed by atoms with E-state index in [2.05, 4.69) is 43.5 Å². The number of amides is 1. The number of aliphatic hydroxyl groups excluding tert-OH is 2. The number of unbranched alkanes of at least 4 members (excludes halogenated alkanes) is 59. The van der Waals surface area contributed by atoms with Crippen molar-refractivity contribution in [1.82, 2.24) is 5.32 Å². The quantitative estimate of drug-likeness (QED) is 0.0320. The van der Waals surface area contributed by atoms with Gasteiger partial charge in [-0.2, -0.15) is 0 Å². The van der Waals surface area contributed by atoms with E-state index < -0.39 is 12.1 Å². The summed E-state index contributed by atoms with van der Waals surface area (Å²) in [5.41, 5.74) is 0. The lowest BCUT2D eigenvalue weighted by atomic mass is 10.0. The number of rotatable bonds is 74. The minimum absolute atomic E-state index is 0.0156. The predicted molar refractivity (Wildman–Crippen MR) is 375 cm³/mol. The van der Waals surface area contributed by atoms with Crippen LogP contribution in [0.15, 0.2) is 24.3 Å². The molecule has 0 fully saturated rings. The number of nitrogens with one attached hydrogen (secondary N) is 1. The summed E-state index contributed by atoms with van der Waals surface area (Å²) < 4.78 is 5.51. The minimum atomic E-state index is -0.660. The zero-order valence-electron chi connectivity index (χ0n) is 57.9. The van der Waals surface area contributed by atoms with Crippen LogP contribution in [0.25, 0.3) is 0 Å². The Morgan fingerprint density at radius 1 is 0.329 bits per heavy atom. The Bertz CT molecular complexity index is 1330. The second-order valence-corrected chi connectivity index (χ2v) is 27.0. The third kappa shape index (κ3) is 71.3. The summed E-state index contributed by atoms with van der Waals surface area (Å²) in [4.78, 5) is 24.6. The van der Waals surface area contributed by atoms with Crippen molar-refractivity contribution in [3.8, 4) is 0 Å². The molecular formula is C79H153NO5. The van der Waals surface area contributed by atoms with Crippen LogP contribution < -0.4 is 5.32 Å². The van der Waals surface area contributed by atoms with E-state index in [1.165, 1.54) is 360 Å². The number of aliphatic hydroxyl groups is 2. The lowest BCUT2D eigenvalue weighted by Gasteiger charge is -2.22. The van der Waals surface area contributed by atoms with Gasteiger partial charge < -0.3 is 20.3 Å². The van der Waals surface area contributed by atoms with Gasteiger partial charge in [0, 0.05) is 12.8 Å². The van der Waals surface area contributed by atoms with E-state index in [-0.39, 0.29) is 18.5 Å². The maximum Gasteiger partial charge on any atom is 0.305 e. The van der Waals surface area contributed by atoms with Gasteiger partial charge in [-0.3, -0.25) is 9.59 Å². The van der Waals surface area contributed by atoms with Crippen LogP contribution in [0.1, 0.15) is 444 Å². The molecule has 0 aliphatic carbocycles. The van der Waals surface area contributed by atoms with Gasteiger partial charge in [0.15, 0.2) is 0 Å². The number of ether oxygens (including phenoxy) is 1. The number of carbonyl (C=O) groups is 2. The van der Waals surface area contributed by atoms with Crippen molar-refractivity contribution in [2.24, 2.45) is 0 Å². The summed E-state index contributed by atoms with van der Waals surface area (Å²) in [6.45, 7) is 4.97. The first kappa shape index (κ1) is 83.3. The van der Waals surface area contributed by atoms with Crippen LogP contribution in [0, 0.1) is 0 Å². The van der Waals surface area contributed by atoms with Gasteiger partial charge in [-0.1, -0.05) is 398 Å². The minimum Gasteiger partial charge on any atom is -0.466 e. The topological polar surface area (TPSA) is 95.9 Å². The highest BCUT2D eigenvalue weighted by atomic mass is 16.5. The molecule has 0 radical (unpaired) electrons. The van der Waals surface area contributed by atoms with E-state index in [1.54, 1.807) is 0 Å². The molecule has 0 saturated carbocycles. The first-order valence-electron chi connectivity index (χ1n) is 39.1. The van der Waals surface area contributed by atoms with Crippen LogP contribution in [0.4, 0.5) is 0 Å². The molecule has 0 aromatic rings. The number of esters is 1. The van der Waals surface area contributed by atoms with Crippen molar-refractivity contribution in [1.29, 1.82) is 0 Å². The van der Waals surface area contributed by atoms with E-state index in [1.807, 2.05) is 0 Å². The van der Waals surface area contributed by atoms with Crippen LogP contribution in [0.2, 0.25) is 0 Å². The van der Waals surface area contributed by atoms with Crippen molar-refractivity contribution in [2.75, 3.05) is 13.2 Å². The predicted octanol–water partition coefficient (Wildman–Crippen LogP) is 25.7. The van der Waals surface area contributed by atoms with E-state index in [9.17, 15) is 19.8 Å². The molecule has 0 spiro atoms. The van der Waals surface area contributed by atoms with Gasteiger partial charge in [0.05, 0.1) is 25.4 Å². The third-order valence-electron chi connectivity index (χ3n) is 18.5. The van der Waals surface area contributed by atoms with Crippen LogP contribution in [0.5, 0.6) is 0 Å². The zero-order chi connectivity index (χ0) is 61.3. The summed E-state index contributed by atoms with van der Waals surface area (Å²) in [7, 11) is 0. The third-order valence-corrected chi connectivity index (χ3v) is 18.5. The Labute approximate surface area is 532 Å². The lowest BCUT2D eigenvalue weighted by molar-refractivity contribution is -0.143. The summed E-state index contributed by atoms with van der Waals surface area (Å²) in [6, 6.07) is -0.537. The Hall–Kier alpha value is -1.66. The molecular weight excluding hydrogens is 1040 g/mol. The first-order chi connectivity index (χ1) is 42.0. The fourth-order valence-electron chi connectivity index (χ4n) is 12.6. The van der Waals surface area contributed by atoms with E-state index >= 15 is 0 Å². The molecule has 0 aromatic heterocycles. The largest absolute Gasteiger partial charge is 0.466 e. The van der Waals surface area contributed by atoms with Gasteiger partial charge in [-0.15, -0.1) is 0 Å². The Morgan fingerprint density at radius 2 is 0.588 bits per heavy atom. The highest BCUT2D eigenvalue weighted by molar-refractivity contribution is 5.76. The average molecular weight is 1200 g/mol. The molecule has 0 saturated heterocycles. The van der Waals surface area contributed by atoms with Gasteiger partial charge in [0.1, 0.15) is 0 Å². The normalized spacial score (nSPS) is 12.6. The molecule has 85 heavy (non-hydrogen) atoms. The van der Waals surface area contributed by atoms with Crippen LogP contribution in [-0.2, 0) is 14.3 Å². The maximum atomic E-state index is 12.5. The molecule has 0 aliphatic rings. The number of hydrogen-bond donors (Lipinski definition) is 3. The summed E-state index contributed by atoms with van der Waals surface area (Å²) >= 11 is 0. The van der Waals surface area contributed by atoms with Gasteiger partial charge in [0.25, 0.3) is 0 Å². The Kier molecular flexibility index (Phi) is 73.3. The fraction of sp³-hybridized carbons (Fsp3) is 0.924. The van der Waals surface area contributed by atoms with Gasteiger partial charge in [-0.05, 0) is 57.8 Å². The highest BCUT2D eigenvalue weighted by Crippen LogP contribution is 2.20. The standard InChI is InChI=1S/C79H153NO5/c1-3-5-7-9-11-13-15-17-19-40-45-49-53-57-61-65-69-73-79(84)85-74-70-66-62-58-54-50-46-42-39-37-35-33-31-29-27-25-23-21-22-24-26-28-30-32-34-36-38-41-44-48-52-56-60-64-68-72-78(83)80-76(75-81)77(82)71-67-63-59-55-51-47-43-20-18-16-14-12-10-8-6-4-2/h11,13,17,19,76-77,81-82H,3-10,12,14-16,18,20-75H2,1-2H3,(H,80,83)/b13-11-,19-17-. The molecule has 6 heteroatoms. The molecule has 2 atom stereocenters. The van der Waals surface area contributed by atoms with Crippen molar-refractivity contribution in [3.63, 3.8) is 0 Å². The van der Waals surface area contributed by atoms with Gasteiger partial charge in [-0.25, -0.2) is 0 Å². The molecule has 0 aromatic carbocycles. The first-order valence-corrected chi connectivity index (χ1v) is 39.1. The van der Waals surface area contributed by atoms with Crippen LogP contribution >= 0.6 is 0 Å².